The summed E-state index contributed by atoms with van der Waals surface area (Å²) in [6.07, 6.45) is -2.03. The summed E-state index contributed by atoms with van der Waals surface area (Å²) in [6, 6.07) is 1.76. The van der Waals surface area contributed by atoms with E-state index in [1.54, 1.807) is 19.9 Å². The first-order valence-electron chi connectivity index (χ1n) is 5.55. The van der Waals surface area contributed by atoms with Gasteiger partial charge in [-0.2, -0.15) is 5.26 Å². The van der Waals surface area contributed by atoms with Gasteiger partial charge in [-0.1, -0.05) is 11.3 Å². The second kappa shape index (κ2) is 7.20. The van der Waals surface area contributed by atoms with Crippen molar-refractivity contribution in [3.05, 3.63) is 5.56 Å². The summed E-state index contributed by atoms with van der Waals surface area (Å²) in [5.41, 5.74) is 5.47. The molecule has 0 saturated heterocycles. The monoisotopic (exact) mass is 300 g/mol. The van der Waals surface area contributed by atoms with Crippen molar-refractivity contribution in [3.8, 4) is 16.9 Å². The average molecular weight is 300 g/mol. The zero-order chi connectivity index (χ0) is 15.1. The number of nitrogen functional groups attached to an aromatic ring is 1. The Kier molecular flexibility index (Phi) is 5.61. The highest BCUT2D eigenvalue weighted by atomic mass is 32.1. The number of hydrogen-bond donors (Lipinski definition) is 1. The van der Waals surface area contributed by atoms with Crippen LogP contribution in [0.15, 0.2) is 0 Å². The molecule has 1 rings (SSSR count). The lowest BCUT2D eigenvalue weighted by Crippen LogP contribution is -2.13. The fourth-order valence-corrected chi connectivity index (χ4v) is 1.92. The molecule has 0 aliphatic rings. The van der Waals surface area contributed by atoms with Gasteiger partial charge in [0, 0.05) is 0 Å². The molecule has 0 atom stereocenters. The van der Waals surface area contributed by atoms with Gasteiger partial charge in [0.05, 0.1) is 13.2 Å². The van der Waals surface area contributed by atoms with Gasteiger partial charge in [0.25, 0.3) is 0 Å². The molecule has 1 aromatic heterocycles. The van der Waals surface area contributed by atoms with Crippen LogP contribution in [0.1, 0.15) is 19.4 Å². The molecule has 0 aromatic carbocycles. The molecule has 9 heteroatoms. The molecule has 108 valence electrons. The molecule has 0 saturated carbocycles. The minimum absolute atomic E-state index is 0.0473. The number of nitrogens with two attached hydrogens (primary N) is 1. The predicted molar refractivity (Wildman–Crippen MR) is 68.7 cm³/mol. The number of rotatable bonds is 4. The fraction of sp³-hybridized carbons (Fsp3) is 0.364. The highest BCUT2D eigenvalue weighted by Crippen LogP contribution is 2.44. The van der Waals surface area contributed by atoms with Crippen molar-refractivity contribution in [3.63, 3.8) is 0 Å². The Hall–Kier alpha value is -2.47. The SMILES string of the molecule is CCOC(=O)Oc1sc(N)c(C#N)c1OC(=O)OCC. The lowest BCUT2D eigenvalue weighted by atomic mass is 10.3. The minimum Gasteiger partial charge on any atom is -0.434 e. The van der Waals surface area contributed by atoms with Crippen molar-refractivity contribution in [1.29, 1.82) is 5.26 Å². The Morgan fingerprint density at radius 3 is 2.25 bits per heavy atom. The van der Waals surface area contributed by atoms with Crippen molar-refractivity contribution >= 4 is 28.6 Å². The molecular formula is C11H12N2O6S. The lowest BCUT2D eigenvalue weighted by molar-refractivity contribution is 0.0952. The van der Waals surface area contributed by atoms with Crippen molar-refractivity contribution in [2.24, 2.45) is 0 Å². The Morgan fingerprint density at radius 1 is 1.20 bits per heavy atom. The summed E-state index contributed by atoms with van der Waals surface area (Å²) >= 11 is 0.779. The summed E-state index contributed by atoms with van der Waals surface area (Å²) in [6.45, 7) is 3.39. The number of nitrogens with zero attached hydrogens (tertiary/aromatic N) is 1. The van der Waals surface area contributed by atoms with E-state index in [0.717, 1.165) is 11.3 Å². The number of ether oxygens (including phenoxy) is 4. The van der Waals surface area contributed by atoms with Gasteiger partial charge in [0.15, 0.2) is 0 Å². The first-order chi connectivity index (χ1) is 9.53. The molecule has 0 radical (unpaired) electrons. The van der Waals surface area contributed by atoms with Gasteiger partial charge in [-0.25, -0.2) is 9.59 Å². The van der Waals surface area contributed by atoms with E-state index in [4.69, 9.17) is 20.5 Å². The molecule has 0 aliphatic carbocycles. The maximum Gasteiger partial charge on any atom is 0.514 e. The normalized spacial score (nSPS) is 9.45. The molecule has 0 unspecified atom stereocenters. The minimum atomic E-state index is -1.03. The number of carbonyl (C=O) groups is 2. The first kappa shape index (κ1) is 15.6. The highest BCUT2D eigenvalue weighted by Gasteiger charge is 2.25. The topological polar surface area (TPSA) is 121 Å². The molecule has 0 fully saturated rings. The molecule has 2 N–H and O–H groups in total. The molecule has 8 nitrogen and oxygen atoms in total. The van der Waals surface area contributed by atoms with Gasteiger partial charge in [0.1, 0.15) is 16.6 Å². The van der Waals surface area contributed by atoms with Crippen LogP contribution in [0.2, 0.25) is 0 Å². The number of hydrogen-bond acceptors (Lipinski definition) is 9. The van der Waals surface area contributed by atoms with E-state index in [0.29, 0.717) is 0 Å². The van der Waals surface area contributed by atoms with E-state index in [2.05, 4.69) is 9.47 Å². The van der Waals surface area contributed by atoms with Gasteiger partial charge >= 0.3 is 12.3 Å². The van der Waals surface area contributed by atoms with Gasteiger partial charge in [-0.15, -0.1) is 0 Å². The Morgan fingerprint density at radius 2 is 1.75 bits per heavy atom. The zero-order valence-electron chi connectivity index (χ0n) is 10.8. The van der Waals surface area contributed by atoms with E-state index in [1.807, 2.05) is 0 Å². The van der Waals surface area contributed by atoms with Gasteiger partial charge in [0.2, 0.25) is 10.8 Å². The molecule has 0 spiro atoms. The molecule has 1 aromatic rings. The third kappa shape index (κ3) is 3.76. The summed E-state index contributed by atoms with van der Waals surface area (Å²) < 4.78 is 18.8. The number of thiophene rings is 1. The van der Waals surface area contributed by atoms with Crippen LogP contribution in [0, 0.1) is 11.3 Å². The van der Waals surface area contributed by atoms with Crippen molar-refractivity contribution in [2.45, 2.75) is 13.8 Å². The van der Waals surface area contributed by atoms with Crippen LogP contribution in [0.4, 0.5) is 14.6 Å². The summed E-state index contributed by atoms with van der Waals surface area (Å²) in [5.74, 6) is -0.262. The van der Waals surface area contributed by atoms with E-state index in [1.165, 1.54) is 0 Å². The smallest absolute Gasteiger partial charge is 0.434 e. The number of carbonyl (C=O) groups excluding carboxylic acids is 2. The molecule has 0 aliphatic heterocycles. The second-order valence-electron chi connectivity index (χ2n) is 3.14. The fourth-order valence-electron chi connectivity index (χ4n) is 1.13. The third-order valence-electron chi connectivity index (χ3n) is 1.86. The summed E-state index contributed by atoms with van der Waals surface area (Å²) in [7, 11) is 0. The average Bonchev–Trinajstić information content (AvgIpc) is 2.65. The van der Waals surface area contributed by atoms with E-state index in [9.17, 15) is 9.59 Å². The van der Waals surface area contributed by atoms with E-state index in [-0.39, 0.29) is 34.6 Å². The third-order valence-corrected chi connectivity index (χ3v) is 2.74. The molecular weight excluding hydrogens is 288 g/mol. The Labute approximate surface area is 118 Å². The van der Waals surface area contributed by atoms with Crippen LogP contribution in [-0.2, 0) is 9.47 Å². The summed E-state index contributed by atoms with van der Waals surface area (Å²) in [4.78, 5) is 22.5. The molecule has 0 amide bonds. The van der Waals surface area contributed by atoms with Crippen LogP contribution in [-0.4, -0.2) is 25.5 Å². The maximum atomic E-state index is 11.3. The van der Waals surface area contributed by atoms with Crippen molar-refractivity contribution in [1.82, 2.24) is 0 Å². The van der Waals surface area contributed by atoms with E-state index >= 15 is 0 Å². The molecule has 1 heterocycles. The highest BCUT2D eigenvalue weighted by molar-refractivity contribution is 7.18. The van der Waals surface area contributed by atoms with Gasteiger partial charge < -0.3 is 24.7 Å². The predicted octanol–water partition coefficient (Wildman–Crippen LogP) is 2.27. The first-order valence-corrected chi connectivity index (χ1v) is 6.36. The van der Waals surface area contributed by atoms with Gasteiger partial charge in [-0.3, -0.25) is 0 Å². The second-order valence-corrected chi connectivity index (χ2v) is 4.15. The quantitative estimate of drug-likeness (QED) is 0.840. The van der Waals surface area contributed by atoms with Crippen LogP contribution in [0.3, 0.4) is 0 Å². The Bertz CT molecular complexity index is 548. The standard InChI is InChI=1S/C11H12N2O6S/c1-3-16-10(14)18-7-6(5-12)8(13)20-9(7)19-11(15)17-4-2/h3-4,13H2,1-2H3. The lowest BCUT2D eigenvalue weighted by Gasteiger charge is -2.06. The van der Waals surface area contributed by atoms with Crippen LogP contribution >= 0.6 is 11.3 Å². The van der Waals surface area contributed by atoms with Crippen molar-refractivity contribution < 1.29 is 28.5 Å². The largest absolute Gasteiger partial charge is 0.514 e. The summed E-state index contributed by atoms with van der Waals surface area (Å²) in [5, 5.41) is 8.87. The van der Waals surface area contributed by atoms with Crippen LogP contribution in [0.5, 0.6) is 10.8 Å². The van der Waals surface area contributed by atoms with Crippen molar-refractivity contribution in [2.75, 3.05) is 18.9 Å². The number of nitriles is 1. The Balaban J connectivity index is 3.02. The van der Waals surface area contributed by atoms with Gasteiger partial charge in [-0.05, 0) is 13.8 Å². The number of anilines is 1. The van der Waals surface area contributed by atoms with Crippen LogP contribution in [0.25, 0.3) is 0 Å². The van der Waals surface area contributed by atoms with E-state index < -0.39 is 12.3 Å². The zero-order valence-corrected chi connectivity index (χ0v) is 11.6. The van der Waals surface area contributed by atoms with Crippen LogP contribution < -0.4 is 15.2 Å². The molecule has 20 heavy (non-hydrogen) atoms. The molecule has 0 bridgehead atoms. The maximum absolute atomic E-state index is 11.3.